The summed E-state index contributed by atoms with van der Waals surface area (Å²) in [6.07, 6.45) is 0. The van der Waals surface area contributed by atoms with Crippen molar-refractivity contribution in [3.8, 4) is 11.5 Å². The maximum Gasteiger partial charge on any atom is 0.314 e. The molecule has 0 bridgehead atoms. The van der Waals surface area contributed by atoms with E-state index in [1.807, 2.05) is 0 Å². The van der Waals surface area contributed by atoms with Gasteiger partial charge in [-0.05, 0) is 36.4 Å². The van der Waals surface area contributed by atoms with Crippen molar-refractivity contribution in [2.45, 2.75) is 9.79 Å². The minimum absolute atomic E-state index is 0.00284. The minimum atomic E-state index is -4.82. The predicted molar refractivity (Wildman–Crippen MR) is 197 cm³/mol. The molecule has 0 aliphatic carbocycles. The molecule has 16 nitrogen and oxygen atoms in total. The van der Waals surface area contributed by atoms with Gasteiger partial charge in [0.2, 0.25) is 0 Å². The lowest BCUT2D eigenvalue weighted by molar-refractivity contribution is -0.132. The highest BCUT2D eigenvalue weighted by molar-refractivity contribution is 7.86. The Bertz CT molecular complexity index is 2600. The Hall–Kier alpha value is -6.86. The molecule has 18 heteroatoms. The second-order valence-corrected chi connectivity index (χ2v) is 14.3. The highest BCUT2D eigenvalue weighted by Crippen LogP contribution is 2.38. The smallest absolute Gasteiger partial charge is 0.314 e. The maximum absolute atomic E-state index is 13.2. The zero-order valence-electron chi connectivity index (χ0n) is 27.3. The number of phenols is 2. The average Bonchev–Trinajstić information content (AvgIpc) is 3.10. The van der Waals surface area contributed by atoms with Gasteiger partial charge in [-0.3, -0.25) is 28.3 Å². The summed E-state index contributed by atoms with van der Waals surface area (Å²) in [6.45, 7) is 0. The molecule has 0 aliphatic rings. The summed E-state index contributed by atoms with van der Waals surface area (Å²) in [6, 6.07) is 24.5. The fraction of sp³-hybridized carbons (Fsp3) is 0. The molecule has 0 saturated heterocycles. The first-order valence-corrected chi connectivity index (χ1v) is 18.3. The summed E-state index contributed by atoms with van der Waals surface area (Å²) in [4.78, 5) is 50.5. The molecule has 4 amide bonds. The van der Waals surface area contributed by atoms with E-state index in [2.05, 4.69) is 21.3 Å². The molecule has 6 rings (SSSR count). The van der Waals surface area contributed by atoms with E-state index in [9.17, 15) is 55.3 Å². The number of carbonyl (C=O) groups excluding carboxylic acids is 4. The van der Waals surface area contributed by atoms with E-state index in [0.29, 0.717) is 0 Å². The summed E-state index contributed by atoms with van der Waals surface area (Å²) >= 11 is 0. The molecule has 0 aliphatic heterocycles. The Kier molecular flexibility index (Phi) is 9.76. The number of aromatic hydroxyl groups is 2. The van der Waals surface area contributed by atoms with Gasteiger partial charge in [-0.2, -0.15) is 16.8 Å². The van der Waals surface area contributed by atoms with Crippen molar-refractivity contribution in [1.82, 2.24) is 0 Å². The van der Waals surface area contributed by atoms with Crippen LogP contribution in [0.3, 0.4) is 0 Å². The number of carbonyl (C=O) groups is 4. The zero-order chi connectivity index (χ0) is 38.9. The van der Waals surface area contributed by atoms with Gasteiger partial charge in [0.25, 0.3) is 32.1 Å². The molecule has 0 atom stereocenters. The number of benzene rings is 6. The Morgan fingerprint density at radius 2 is 0.796 bits per heavy atom. The van der Waals surface area contributed by atoms with Crippen molar-refractivity contribution >= 4 is 88.2 Å². The molecule has 6 aromatic rings. The molecule has 0 unspecified atom stereocenters. The monoisotopic (exact) mass is 770 g/mol. The molecule has 0 spiro atoms. The molecule has 6 aromatic carbocycles. The summed E-state index contributed by atoms with van der Waals surface area (Å²) in [5, 5.41) is 30.9. The van der Waals surface area contributed by atoms with Crippen molar-refractivity contribution in [3.05, 3.63) is 120 Å². The summed E-state index contributed by atoms with van der Waals surface area (Å²) in [5.74, 6) is -5.34. The third-order valence-corrected chi connectivity index (χ3v) is 9.82. The SMILES string of the molecule is O=C(Nc1cccc(C(=O)Nc2cc(O)c(S(=O)(=O)O)c3ccccc23)c1)C(=O)Nc1cccc(C(=O)Nc2cc(O)c(S(=O)(=O)O)c3ccccc23)c1. The van der Waals surface area contributed by atoms with Crippen LogP contribution in [0, 0.1) is 0 Å². The first-order valence-electron chi connectivity index (χ1n) is 15.4. The predicted octanol–water partition coefficient (Wildman–Crippen LogP) is 4.98. The highest BCUT2D eigenvalue weighted by atomic mass is 32.2. The fourth-order valence-electron chi connectivity index (χ4n) is 5.66. The normalized spacial score (nSPS) is 11.5. The van der Waals surface area contributed by atoms with Gasteiger partial charge in [0.15, 0.2) is 0 Å². The molecule has 0 heterocycles. The summed E-state index contributed by atoms with van der Waals surface area (Å²) < 4.78 is 66.7. The lowest BCUT2D eigenvalue weighted by Crippen LogP contribution is -2.29. The number of amides is 4. The molecule has 8 N–H and O–H groups in total. The molecule has 0 radical (unpaired) electrons. The van der Waals surface area contributed by atoms with E-state index in [-0.39, 0.29) is 55.4 Å². The van der Waals surface area contributed by atoms with Gasteiger partial charge in [-0.15, -0.1) is 0 Å². The van der Waals surface area contributed by atoms with Gasteiger partial charge in [0.1, 0.15) is 21.3 Å². The number of hydrogen-bond acceptors (Lipinski definition) is 10. The van der Waals surface area contributed by atoms with Crippen molar-refractivity contribution in [3.63, 3.8) is 0 Å². The first kappa shape index (κ1) is 36.9. The Morgan fingerprint density at radius 3 is 1.15 bits per heavy atom. The van der Waals surface area contributed by atoms with Crippen LogP contribution in [0.1, 0.15) is 20.7 Å². The second-order valence-electron chi connectivity index (χ2n) is 11.6. The standard InChI is InChI=1S/C36H26N4O12S2/c41-29-17-27(23-11-1-3-13-25(23)31(29)53(47,48)49)39-33(43)19-7-5-9-21(15-19)37-35(45)36(46)38-22-10-6-8-20(16-22)34(44)40-28-18-30(42)32(54(50,51)52)26-14-4-2-12-24(26)28/h1-18,41-42H,(H,37,45)(H,38,46)(H,39,43)(H,40,44)(H,47,48,49)(H,50,51,52). The lowest BCUT2D eigenvalue weighted by Gasteiger charge is -2.14. The maximum atomic E-state index is 13.2. The molecule has 54 heavy (non-hydrogen) atoms. The Balaban J connectivity index is 1.14. The zero-order valence-corrected chi connectivity index (χ0v) is 28.9. The van der Waals surface area contributed by atoms with Gasteiger partial charge < -0.3 is 31.5 Å². The molecule has 0 fully saturated rings. The van der Waals surface area contributed by atoms with Gasteiger partial charge in [-0.1, -0.05) is 60.7 Å². The van der Waals surface area contributed by atoms with Gasteiger partial charge in [0, 0.05) is 56.2 Å². The van der Waals surface area contributed by atoms with Crippen LogP contribution in [0.15, 0.2) is 119 Å². The van der Waals surface area contributed by atoms with E-state index >= 15 is 0 Å². The van der Waals surface area contributed by atoms with Crippen LogP contribution in [-0.2, 0) is 29.8 Å². The topological polar surface area (TPSA) is 266 Å². The van der Waals surface area contributed by atoms with E-state index in [1.165, 1.54) is 84.9 Å². The molecular weight excluding hydrogens is 745 g/mol. The summed E-state index contributed by atoms with van der Waals surface area (Å²) in [7, 11) is -9.63. The molecular formula is C36H26N4O12S2. The van der Waals surface area contributed by atoms with Crippen molar-refractivity contribution < 1.29 is 55.3 Å². The second kappa shape index (κ2) is 14.3. The van der Waals surface area contributed by atoms with E-state index < -0.39 is 65.2 Å². The average molecular weight is 771 g/mol. The summed E-state index contributed by atoms with van der Waals surface area (Å²) in [5.41, 5.74) is 0.131. The van der Waals surface area contributed by atoms with Crippen LogP contribution in [-0.4, -0.2) is 59.8 Å². The molecule has 0 aromatic heterocycles. The number of nitrogens with one attached hydrogen (secondary N) is 4. The molecule has 0 saturated carbocycles. The largest absolute Gasteiger partial charge is 0.506 e. The number of fused-ring (bicyclic) bond motifs is 2. The number of rotatable bonds is 8. The minimum Gasteiger partial charge on any atom is -0.506 e. The van der Waals surface area contributed by atoms with Crippen LogP contribution in [0.5, 0.6) is 11.5 Å². The Labute approximate surface area is 305 Å². The number of hydrogen-bond donors (Lipinski definition) is 8. The van der Waals surface area contributed by atoms with Crippen LogP contribution in [0.2, 0.25) is 0 Å². The van der Waals surface area contributed by atoms with Crippen LogP contribution in [0.4, 0.5) is 22.7 Å². The van der Waals surface area contributed by atoms with E-state index in [1.54, 1.807) is 12.1 Å². The van der Waals surface area contributed by atoms with E-state index in [4.69, 9.17) is 0 Å². The van der Waals surface area contributed by atoms with Crippen molar-refractivity contribution in [1.29, 1.82) is 0 Å². The van der Waals surface area contributed by atoms with E-state index in [0.717, 1.165) is 12.1 Å². The van der Waals surface area contributed by atoms with Crippen LogP contribution < -0.4 is 21.3 Å². The first-order chi connectivity index (χ1) is 25.5. The lowest BCUT2D eigenvalue weighted by atomic mass is 10.1. The van der Waals surface area contributed by atoms with Crippen LogP contribution >= 0.6 is 0 Å². The molecule has 274 valence electrons. The van der Waals surface area contributed by atoms with Gasteiger partial charge >= 0.3 is 11.8 Å². The number of phenolic OH excluding ortho intramolecular Hbond substituents is 2. The van der Waals surface area contributed by atoms with Gasteiger partial charge in [-0.25, -0.2) is 0 Å². The third kappa shape index (κ3) is 7.66. The number of anilines is 4. The third-order valence-electron chi connectivity index (χ3n) is 7.93. The van der Waals surface area contributed by atoms with Crippen molar-refractivity contribution in [2.75, 3.05) is 21.3 Å². The fourth-order valence-corrected chi connectivity index (χ4v) is 7.22. The quantitative estimate of drug-likeness (QED) is 0.0753. The van der Waals surface area contributed by atoms with Crippen LogP contribution in [0.25, 0.3) is 21.5 Å². The van der Waals surface area contributed by atoms with Crippen molar-refractivity contribution in [2.24, 2.45) is 0 Å². The van der Waals surface area contributed by atoms with Gasteiger partial charge in [0.05, 0.1) is 11.4 Å². The Morgan fingerprint density at radius 1 is 0.444 bits per heavy atom. The highest BCUT2D eigenvalue weighted by Gasteiger charge is 2.24.